The van der Waals surface area contributed by atoms with Gasteiger partial charge in [-0.1, -0.05) is 0 Å². The number of aryl methyl sites for hydroxylation is 1. The number of methoxy groups -OCH3 is 1. The van der Waals surface area contributed by atoms with Gasteiger partial charge < -0.3 is 15.2 Å². The summed E-state index contributed by atoms with van der Waals surface area (Å²) >= 11 is 1.38. The predicted molar refractivity (Wildman–Crippen MR) is 67.2 cm³/mol. The van der Waals surface area contributed by atoms with E-state index in [1.54, 1.807) is 0 Å². The first kappa shape index (κ1) is 12.9. The van der Waals surface area contributed by atoms with E-state index in [9.17, 15) is 9.59 Å². The van der Waals surface area contributed by atoms with Gasteiger partial charge in [-0.15, -0.1) is 11.3 Å². The number of thiophene rings is 1. The lowest BCUT2D eigenvalue weighted by atomic mass is 9.80. The Morgan fingerprint density at radius 3 is 2.72 bits per heavy atom. The van der Waals surface area contributed by atoms with Crippen LogP contribution in [-0.2, 0) is 4.79 Å². The zero-order valence-corrected chi connectivity index (χ0v) is 11.0. The van der Waals surface area contributed by atoms with Gasteiger partial charge in [-0.3, -0.25) is 9.59 Å². The van der Waals surface area contributed by atoms with Crippen molar-refractivity contribution in [2.75, 3.05) is 7.11 Å². The molecule has 0 bridgehead atoms. The monoisotopic (exact) mass is 269 g/mol. The lowest BCUT2D eigenvalue weighted by Crippen LogP contribution is -2.46. The van der Waals surface area contributed by atoms with E-state index in [4.69, 9.17) is 9.84 Å². The highest BCUT2D eigenvalue weighted by Gasteiger charge is 2.35. The van der Waals surface area contributed by atoms with Gasteiger partial charge >= 0.3 is 5.97 Å². The van der Waals surface area contributed by atoms with Crippen LogP contribution in [0.1, 0.15) is 27.4 Å². The van der Waals surface area contributed by atoms with E-state index >= 15 is 0 Å². The van der Waals surface area contributed by atoms with Gasteiger partial charge in [-0.05, 0) is 25.8 Å². The lowest BCUT2D eigenvalue weighted by molar-refractivity contribution is -0.145. The fraction of sp³-hybridized carbons (Fsp3) is 0.500. The number of carboxylic acids is 1. The molecule has 1 heterocycles. The molecule has 1 aromatic heterocycles. The molecule has 2 N–H and O–H groups in total. The molecule has 0 aliphatic heterocycles. The molecular formula is C12H15NO4S. The molecule has 0 aromatic carbocycles. The van der Waals surface area contributed by atoms with Crippen molar-refractivity contribution in [1.29, 1.82) is 0 Å². The predicted octanol–water partition coefficient (Wildman–Crippen LogP) is 1.66. The van der Waals surface area contributed by atoms with Gasteiger partial charge in [0.1, 0.15) is 10.6 Å². The normalized spacial score (nSPS) is 22.1. The standard InChI is InChI=1S/C12H15NO4S/c1-6-3-9(17-2)10(18-6)11(14)13-8-4-7(5-8)12(15)16/h3,7-8H,4-5H2,1-2H3,(H,13,14)(H,15,16). The third-order valence-corrected chi connectivity index (χ3v) is 4.10. The van der Waals surface area contributed by atoms with Crippen molar-refractivity contribution < 1.29 is 19.4 Å². The molecule has 0 unspecified atom stereocenters. The molecule has 0 atom stereocenters. The molecule has 1 aliphatic rings. The molecule has 5 nitrogen and oxygen atoms in total. The van der Waals surface area contributed by atoms with Crippen molar-refractivity contribution in [3.63, 3.8) is 0 Å². The van der Waals surface area contributed by atoms with Crippen LogP contribution in [0.15, 0.2) is 6.07 Å². The average Bonchev–Trinajstić information content (AvgIpc) is 2.63. The summed E-state index contributed by atoms with van der Waals surface area (Å²) in [5.74, 6) is -0.713. The Morgan fingerprint density at radius 1 is 1.50 bits per heavy atom. The highest BCUT2D eigenvalue weighted by atomic mass is 32.1. The van der Waals surface area contributed by atoms with E-state index in [1.165, 1.54) is 18.4 Å². The van der Waals surface area contributed by atoms with Gasteiger partial charge in [-0.25, -0.2) is 0 Å². The molecule has 0 radical (unpaired) electrons. The zero-order valence-electron chi connectivity index (χ0n) is 10.2. The SMILES string of the molecule is COc1cc(C)sc1C(=O)NC1CC(C(=O)O)C1. The number of carbonyl (C=O) groups excluding carboxylic acids is 1. The summed E-state index contributed by atoms with van der Waals surface area (Å²) < 4.78 is 5.14. The molecule has 98 valence electrons. The summed E-state index contributed by atoms with van der Waals surface area (Å²) in [6, 6.07) is 1.78. The number of amides is 1. The van der Waals surface area contributed by atoms with E-state index in [0.717, 1.165) is 4.88 Å². The number of hydrogen-bond acceptors (Lipinski definition) is 4. The van der Waals surface area contributed by atoms with Crippen LogP contribution >= 0.6 is 11.3 Å². The second-order valence-corrected chi connectivity index (χ2v) is 5.69. The molecule has 1 aromatic rings. The number of carboxylic acid groups (broad SMARTS) is 1. The second kappa shape index (κ2) is 4.97. The molecule has 0 saturated heterocycles. The van der Waals surface area contributed by atoms with Crippen LogP contribution in [0.3, 0.4) is 0 Å². The fourth-order valence-electron chi connectivity index (χ4n) is 1.99. The Bertz CT molecular complexity index is 476. The van der Waals surface area contributed by atoms with Crippen LogP contribution in [0.25, 0.3) is 0 Å². The number of nitrogens with one attached hydrogen (secondary N) is 1. The summed E-state index contributed by atoms with van der Waals surface area (Å²) in [7, 11) is 1.53. The Kier molecular flexibility index (Phi) is 3.56. The first-order chi connectivity index (χ1) is 8.51. The van der Waals surface area contributed by atoms with Crippen molar-refractivity contribution in [3.05, 3.63) is 15.8 Å². The molecule has 18 heavy (non-hydrogen) atoms. The van der Waals surface area contributed by atoms with Gasteiger partial charge in [0.15, 0.2) is 0 Å². The molecule has 1 saturated carbocycles. The van der Waals surface area contributed by atoms with Crippen LogP contribution < -0.4 is 10.1 Å². The average molecular weight is 269 g/mol. The van der Waals surface area contributed by atoms with Crippen LogP contribution in [0.5, 0.6) is 5.75 Å². The summed E-state index contributed by atoms with van der Waals surface area (Å²) in [4.78, 5) is 24.2. The Labute approximate surface area is 109 Å². The minimum Gasteiger partial charge on any atom is -0.495 e. The summed E-state index contributed by atoms with van der Waals surface area (Å²) in [6.45, 7) is 1.91. The van der Waals surface area contributed by atoms with Crippen molar-refractivity contribution in [2.45, 2.75) is 25.8 Å². The summed E-state index contributed by atoms with van der Waals surface area (Å²) in [6.07, 6.45) is 1.02. The third-order valence-electron chi connectivity index (χ3n) is 3.07. The molecule has 1 fully saturated rings. The molecule has 2 rings (SSSR count). The number of rotatable bonds is 4. The minimum absolute atomic E-state index is 0.0364. The minimum atomic E-state index is -0.787. The molecule has 1 amide bonds. The number of hydrogen-bond donors (Lipinski definition) is 2. The van der Waals surface area contributed by atoms with Gasteiger partial charge in [0, 0.05) is 10.9 Å². The van der Waals surface area contributed by atoms with Gasteiger partial charge in [0.05, 0.1) is 13.0 Å². The third kappa shape index (κ3) is 2.48. The number of aliphatic carboxylic acids is 1. The van der Waals surface area contributed by atoms with Crippen molar-refractivity contribution in [3.8, 4) is 5.75 Å². The maximum absolute atomic E-state index is 12.0. The Morgan fingerprint density at radius 2 is 2.17 bits per heavy atom. The quantitative estimate of drug-likeness (QED) is 0.871. The zero-order chi connectivity index (χ0) is 13.3. The first-order valence-electron chi connectivity index (χ1n) is 5.69. The summed E-state index contributed by atoms with van der Waals surface area (Å²) in [5.41, 5.74) is 0. The molecule has 0 spiro atoms. The lowest BCUT2D eigenvalue weighted by Gasteiger charge is -2.32. The van der Waals surface area contributed by atoms with E-state index < -0.39 is 5.97 Å². The van der Waals surface area contributed by atoms with E-state index in [-0.39, 0.29) is 17.9 Å². The van der Waals surface area contributed by atoms with Crippen LogP contribution in [0.2, 0.25) is 0 Å². The van der Waals surface area contributed by atoms with Crippen molar-refractivity contribution >= 4 is 23.2 Å². The van der Waals surface area contributed by atoms with Gasteiger partial charge in [-0.2, -0.15) is 0 Å². The van der Waals surface area contributed by atoms with Crippen LogP contribution in [-0.4, -0.2) is 30.1 Å². The Hall–Kier alpha value is -1.56. The largest absolute Gasteiger partial charge is 0.495 e. The van der Waals surface area contributed by atoms with E-state index in [0.29, 0.717) is 23.5 Å². The maximum atomic E-state index is 12.0. The highest BCUT2D eigenvalue weighted by Crippen LogP contribution is 2.31. The molecular weight excluding hydrogens is 254 g/mol. The van der Waals surface area contributed by atoms with E-state index in [2.05, 4.69) is 5.32 Å². The second-order valence-electron chi connectivity index (χ2n) is 4.43. The van der Waals surface area contributed by atoms with E-state index in [1.807, 2.05) is 13.0 Å². The maximum Gasteiger partial charge on any atom is 0.306 e. The van der Waals surface area contributed by atoms with Gasteiger partial charge in [0.25, 0.3) is 5.91 Å². The Balaban J connectivity index is 1.95. The topological polar surface area (TPSA) is 75.6 Å². The van der Waals surface area contributed by atoms with Gasteiger partial charge in [0.2, 0.25) is 0 Å². The fourth-order valence-corrected chi connectivity index (χ4v) is 2.87. The first-order valence-corrected chi connectivity index (χ1v) is 6.51. The molecule has 6 heteroatoms. The van der Waals surface area contributed by atoms with Crippen LogP contribution in [0.4, 0.5) is 0 Å². The highest BCUT2D eigenvalue weighted by molar-refractivity contribution is 7.14. The molecule has 1 aliphatic carbocycles. The van der Waals surface area contributed by atoms with Crippen molar-refractivity contribution in [1.82, 2.24) is 5.32 Å². The van der Waals surface area contributed by atoms with Crippen molar-refractivity contribution in [2.24, 2.45) is 5.92 Å². The number of ether oxygens (including phenoxy) is 1. The smallest absolute Gasteiger partial charge is 0.306 e. The van der Waals surface area contributed by atoms with Crippen LogP contribution in [0, 0.1) is 12.8 Å². The summed E-state index contributed by atoms with van der Waals surface area (Å²) in [5, 5.41) is 11.6. The number of carbonyl (C=O) groups is 2.